The van der Waals surface area contributed by atoms with Gasteiger partial charge < -0.3 is 10.1 Å². The summed E-state index contributed by atoms with van der Waals surface area (Å²) in [5.41, 5.74) is 1.72. The van der Waals surface area contributed by atoms with E-state index in [-0.39, 0.29) is 11.0 Å². The molecule has 0 bridgehead atoms. The third kappa shape index (κ3) is 6.22. The summed E-state index contributed by atoms with van der Waals surface area (Å²) in [6.45, 7) is 2.71. The minimum Gasteiger partial charge on any atom is -0.494 e. The Morgan fingerprint density at radius 2 is 1.96 bits per heavy atom. The molecular formula is C19H20N2O2S. The van der Waals surface area contributed by atoms with Gasteiger partial charge in [-0.2, -0.15) is 0 Å². The van der Waals surface area contributed by atoms with Crippen LogP contribution in [0.3, 0.4) is 0 Å². The predicted octanol–water partition coefficient (Wildman–Crippen LogP) is 4.00. The maximum atomic E-state index is 11.9. The first-order valence-electron chi connectivity index (χ1n) is 7.75. The Kier molecular flexibility index (Phi) is 6.98. The van der Waals surface area contributed by atoms with Crippen molar-refractivity contribution in [3.63, 3.8) is 0 Å². The number of hydrogen-bond donors (Lipinski definition) is 2. The van der Waals surface area contributed by atoms with Crippen LogP contribution in [-0.2, 0) is 4.79 Å². The SMILES string of the molecule is CCCOc1cccc(NC(=S)NC(=O)/C=C/c2ccccc2)c1. The van der Waals surface area contributed by atoms with Gasteiger partial charge in [0.15, 0.2) is 5.11 Å². The number of anilines is 1. The average molecular weight is 340 g/mol. The summed E-state index contributed by atoms with van der Waals surface area (Å²) in [5.74, 6) is 0.481. The van der Waals surface area contributed by atoms with E-state index in [1.807, 2.05) is 54.6 Å². The molecule has 0 radical (unpaired) electrons. The fourth-order valence-corrected chi connectivity index (χ4v) is 2.15. The molecule has 0 aromatic heterocycles. The standard InChI is InChI=1S/C19H20N2O2S/c1-2-13-23-17-10-6-9-16(14-17)20-19(24)21-18(22)12-11-15-7-4-3-5-8-15/h3-12,14H,2,13H2,1H3,(H2,20,21,22,24)/b12-11+. The highest BCUT2D eigenvalue weighted by Gasteiger charge is 2.03. The zero-order chi connectivity index (χ0) is 17.2. The van der Waals surface area contributed by atoms with Gasteiger partial charge in [-0.15, -0.1) is 0 Å². The van der Waals surface area contributed by atoms with E-state index in [9.17, 15) is 4.79 Å². The van der Waals surface area contributed by atoms with Crippen molar-refractivity contribution in [2.24, 2.45) is 0 Å². The maximum absolute atomic E-state index is 11.9. The van der Waals surface area contributed by atoms with Gasteiger partial charge >= 0.3 is 0 Å². The largest absolute Gasteiger partial charge is 0.494 e. The summed E-state index contributed by atoms with van der Waals surface area (Å²) >= 11 is 5.16. The fourth-order valence-electron chi connectivity index (χ4n) is 1.94. The molecule has 0 fully saturated rings. The molecule has 124 valence electrons. The molecule has 0 spiro atoms. The summed E-state index contributed by atoms with van der Waals surface area (Å²) in [6.07, 6.45) is 4.13. The van der Waals surface area contributed by atoms with Crippen molar-refractivity contribution < 1.29 is 9.53 Å². The Labute approximate surface area is 147 Å². The van der Waals surface area contributed by atoms with Crippen molar-refractivity contribution >= 4 is 35.0 Å². The van der Waals surface area contributed by atoms with Crippen molar-refractivity contribution in [2.75, 3.05) is 11.9 Å². The quantitative estimate of drug-likeness (QED) is 0.616. The van der Waals surface area contributed by atoms with E-state index in [4.69, 9.17) is 17.0 Å². The molecule has 2 aromatic carbocycles. The average Bonchev–Trinajstić information content (AvgIpc) is 2.59. The lowest BCUT2D eigenvalue weighted by molar-refractivity contribution is -0.115. The summed E-state index contributed by atoms with van der Waals surface area (Å²) in [5, 5.41) is 5.83. The normalized spacial score (nSPS) is 10.4. The predicted molar refractivity (Wildman–Crippen MR) is 102 cm³/mol. The molecule has 5 heteroatoms. The molecule has 2 N–H and O–H groups in total. The van der Waals surface area contributed by atoms with Crippen LogP contribution < -0.4 is 15.4 Å². The first-order valence-corrected chi connectivity index (χ1v) is 8.16. The molecule has 0 heterocycles. The third-order valence-electron chi connectivity index (χ3n) is 3.03. The lowest BCUT2D eigenvalue weighted by Crippen LogP contribution is -2.32. The number of carbonyl (C=O) groups is 1. The number of amides is 1. The Bertz CT molecular complexity index is 714. The third-order valence-corrected chi connectivity index (χ3v) is 3.23. The van der Waals surface area contributed by atoms with Gasteiger partial charge in [0.05, 0.1) is 6.61 Å². The molecular weight excluding hydrogens is 320 g/mol. The van der Waals surface area contributed by atoms with Gasteiger partial charge in [0, 0.05) is 17.8 Å². The van der Waals surface area contributed by atoms with Crippen LogP contribution in [0, 0.1) is 0 Å². The van der Waals surface area contributed by atoms with Gasteiger partial charge in [0.25, 0.3) is 0 Å². The molecule has 1 amide bonds. The van der Waals surface area contributed by atoms with Gasteiger partial charge in [-0.1, -0.05) is 43.3 Å². The van der Waals surface area contributed by atoms with Crippen LogP contribution in [0.4, 0.5) is 5.69 Å². The van der Waals surface area contributed by atoms with Crippen LogP contribution >= 0.6 is 12.2 Å². The molecule has 0 aliphatic rings. The number of rotatable bonds is 6. The smallest absolute Gasteiger partial charge is 0.250 e. The summed E-state index contributed by atoms with van der Waals surface area (Å²) < 4.78 is 5.56. The fraction of sp³-hybridized carbons (Fsp3) is 0.158. The van der Waals surface area contributed by atoms with Crippen molar-refractivity contribution in [3.8, 4) is 5.75 Å². The summed E-state index contributed by atoms with van der Waals surface area (Å²) in [4.78, 5) is 11.9. The van der Waals surface area contributed by atoms with Gasteiger partial charge in [-0.3, -0.25) is 10.1 Å². The second kappa shape index (κ2) is 9.47. The number of nitrogens with one attached hydrogen (secondary N) is 2. The summed E-state index contributed by atoms with van der Waals surface area (Å²) in [6, 6.07) is 17.0. The van der Waals surface area contributed by atoms with E-state index in [2.05, 4.69) is 17.6 Å². The number of carbonyl (C=O) groups excluding carboxylic acids is 1. The second-order valence-corrected chi connectivity index (χ2v) is 5.47. The van der Waals surface area contributed by atoms with Crippen LogP contribution in [0.25, 0.3) is 6.08 Å². The lowest BCUT2D eigenvalue weighted by Gasteiger charge is -2.10. The lowest BCUT2D eigenvalue weighted by atomic mass is 10.2. The number of ether oxygens (including phenoxy) is 1. The van der Waals surface area contributed by atoms with Crippen molar-refractivity contribution in [1.29, 1.82) is 0 Å². The van der Waals surface area contributed by atoms with Crippen molar-refractivity contribution in [2.45, 2.75) is 13.3 Å². The van der Waals surface area contributed by atoms with Crippen molar-refractivity contribution in [3.05, 3.63) is 66.2 Å². The molecule has 24 heavy (non-hydrogen) atoms. The molecule has 0 aliphatic carbocycles. The van der Waals surface area contributed by atoms with Crippen LogP contribution in [0.5, 0.6) is 5.75 Å². The van der Waals surface area contributed by atoms with Crippen LogP contribution in [0.2, 0.25) is 0 Å². The van der Waals surface area contributed by atoms with Crippen molar-refractivity contribution in [1.82, 2.24) is 5.32 Å². The molecule has 0 atom stereocenters. The Morgan fingerprint density at radius 3 is 2.71 bits per heavy atom. The highest BCUT2D eigenvalue weighted by atomic mass is 32.1. The van der Waals surface area contributed by atoms with Crippen LogP contribution in [-0.4, -0.2) is 17.6 Å². The van der Waals surface area contributed by atoms with E-state index in [1.54, 1.807) is 6.08 Å². The monoisotopic (exact) mass is 340 g/mol. The highest BCUT2D eigenvalue weighted by molar-refractivity contribution is 7.80. The van der Waals surface area contributed by atoms with E-state index in [1.165, 1.54) is 6.08 Å². The molecule has 0 saturated heterocycles. The van der Waals surface area contributed by atoms with Crippen LogP contribution in [0.1, 0.15) is 18.9 Å². The summed E-state index contributed by atoms with van der Waals surface area (Å²) in [7, 11) is 0. The Hall–Kier alpha value is -2.66. The highest BCUT2D eigenvalue weighted by Crippen LogP contribution is 2.17. The van der Waals surface area contributed by atoms with Gasteiger partial charge in [-0.05, 0) is 42.4 Å². The molecule has 4 nitrogen and oxygen atoms in total. The molecule has 2 rings (SSSR count). The van der Waals surface area contributed by atoms with Gasteiger partial charge in [0.2, 0.25) is 5.91 Å². The van der Waals surface area contributed by atoms with Crippen LogP contribution in [0.15, 0.2) is 60.7 Å². The Morgan fingerprint density at radius 1 is 1.17 bits per heavy atom. The number of benzene rings is 2. The van der Waals surface area contributed by atoms with Gasteiger partial charge in [0.1, 0.15) is 5.75 Å². The second-order valence-electron chi connectivity index (χ2n) is 5.06. The van der Waals surface area contributed by atoms with E-state index in [0.717, 1.165) is 23.4 Å². The molecule has 0 saturated carbocycles. The number of thiocarbonyl (C=S) groups is 1. The molecule has 0 unspecified atom stereocenters. The van der Waals surface area contributed by atoms with E-state index >= 15 is 0 Å². The minimum absolute atomic E-state index is 0.241. The Balaban J connectivity index is 1.86. The number of hydrogen-bond acceptors (Lipinski definition) is 3. The topological polar surface area (TPSA) is 50.4 Å². The first-order chi connectivity index (χ1) is 11.7. The first kappa shape index (κ1) is 17.7. The minimum atomic E-state index is -0.283. The van der Waals surface area contributed by atoms with E-state index in [0.29, 0.717) is 6.61 Å². The zero-order valence-electron chi connectivity index (χ0n) is 13.5. The molecule has 0 aliphatic heterocycles. The van der Waals surface area contributed by atoms with Gasteiger partial charge in [-0.25, -0.2) is 0 Å². The zero-order valence-corrected chi connectivity index (χ0v) is 14.3. The van der Waals surface area contributed by atoms with E-state index < -0.39 is 0 Å². The maximum Gasteiger partial charge on any atom is 0.250 e. The molecule has 2 aromatic rings.